The first-order valence-corrected chi connectivity index (χ1v) is 10.7. The second kappa shape index (κ2) is 7.50. The Kier molecular flexibility index (Phi) is 6.12. The number of nitrogens with zero attached hydrogens (tertiary/aromatic N) is 1. The van der Waals surface area contributed by atoms with E-state index in [2.05, 4.69) is 4.72 Å². The molecule has 0 radical (unpaired) electrons. The zero-order chi connectivity index (χ0) is 19.8. The van der Waals surface area contributed by atoms with Crippen LogP contribution in [0.3, 0.4) is 0 Å². The number of rotatable bonds is 7. The number of hydrogen-bond acceptors (Lipinski definition) is 5. The minimum Gasteiger partial charge on any atom is -0.399 e. The Bertz CT molecular complexity index is 699. The van der Waals surface area contributed by atoms with Crippen molar-refractivity contribution < 1.29 is 17.7 Å². The summed E-state index contributed by atoms with van der Waals surface area (Å²) in [5, 5.41) is -0.597. The Morgan fingerprint density at radius 3 is 1.92 bits per heavy atom. The van der Waals surface area contributed by atoms with Crippen LogP contribution in [0, 0.1) is 0 Å². The summed E-state index contributed by atoms with van der Waals surface area (Å²) in [5.74, 6) is 0. The minimum absolute atomic E-state index is 0.406. The molecule has 1 fully saturated rings. The van der Waals surface area contributed by atoms with Crippen LogP contribution in [0.15, 0.2) is 24.3 Å². The molecule has 1 saturated heterocycles. The van der Waals surface area contributed by atoms with Gasteiger partial charge in [0.2, 0.25) is 10.0 Å². The normalized spacial score (nSPS) is 20.4. The molecule has 0 spiro atoms. The summed E-state index contributed by atoms with van der Waals surface area (Å²) in [6, 6.07) is 7.16. The zero-order valence-corrected chi connectivity index (χ0v) is 17.7. The molecule has 1 aliphatic heterocycles. The third kappa shape index (κ3) is 4.25. The fourth-order valence-electron chi connectivity index (χ4n) is 2.87. The van der Waals surface area contributed by atoms with Crippen LogP contribution in [0.2, 0.25) is 0 Å². The maximum Gasteiger partial charge on any atom is 0.494 e. The van der Waals surface area contributed by atoms with Crippen LogP contribution >= 0.6 is 0 Å². The predicted octanol–water partition coefficient (Wildman–Crippen LogP) is 2.42. The third-order valence-corrected chi connectivity index (χ3v) is 7.19. The van der Waals surface area contributed by atoms with E-state index in [0.717, 1.165) is 5.46 Å². The van der Waals surface area contributed by atoms with Crippen LogP contribution in [0.25, 0.3) is 0 Å². The highest BCUT2D eigenvalue weighted by atomic mass is 32.2. The zero-order valence-electron chi connectivity index (χ0n) is 16.9. The first-order chi connectivity index (χ1) is 11.9. The van der Waals surface area contributed by atoms with Crippen molar-refractivity contribution in [2.45, 2.75) is 65.0 Å². The second-order valence-corrected chi connectivity index (χ2v) is 9.65. The summed E-state index contributed by atoms with van der Waals surface area (Å²) >= 11 is 0. The Balaban J connectivity index is 2.11. The molecule has 2 rings (SSSR count). The summed E-state index contributed by atoms with van der Waals surface area (Å²) in [5.41, 5.74) is 0.585. The fourth-order valence-corrected chi connectivity index (χ4v) is 4.20. The van der Waals surface area contributed by atoms with Crippen molar-refractivity contribution in [1.82, 2.24) is 4.90 Å². The van der Waals surface area contributed by atoms with Gasteiger partial charge in [-0.05, 0) is 65.3 Å². The molecule has 146 valence electrons. The Labute approximate surface area is 158 Å². The van der Waals surface area contributed by atoms with E-state index in [1.807, 2.05) is 58.6 Å². The van der Waals surface area contributed by atoms with E-state index in [-0.39, 0.29) is 0 Å². The molecule has 1 aliphatic rings. The monoisotopic (exact) mass is 382 g/mol. The molecule has 1 heterocycles. The number of sulfonamides is 1. The van der Waals surface area contributed by atoms with Gasteiger partial charge in [0.25, 0.3) is 0 Å². The van der Waals surface area contributed by atoms with E-state index in [1.54, 1.807) is 19.1 Å². The van der Waals surface area contributed by atoms with E-state index in [1.165, 1.54) is 0 Å². The molecular weight excluding hydrogens is 351 g/mol. The molecule has 1 N–H and O–H groups in total. The molecule has 1 aromatic rings. The van der Waals surface area contributed by atoms with Crippen LogP contribution in [-0.4, -0.2) is 50.1 Å². The van der Waals surface area contributed by atoms with Crippen LogP contribution < -0.4 is 10.2 Å². The van der Waals surface area contributed by atoms with Gasteiger partial charge in [-0.25, -0.2) is 8.42 Å². The van der Waals surface area contributed by atoms with Gasteiger partial charge in [0, 0.05) is 5.69 Å². The fraction of sp³-hybridized carbons (Fsp3) is 0.667. The highest BCUT2D eigenvalue weighted by Gasteiger charge is 2.51. The van der Waals surface area contributed by atoms with Crippen LogP contribution in [0.1, 0.15) is 48.5 Å². The lowest BCUT2D eigenvalue weighted by Crippen LogP contribution is -2.41. The van der Waals surface area contributed by atoms with Crippen molar-refractivity contribution in [2.75, 3.05) is 17.8 Å². The predicted molar refractivity (Wildman–Crippen MR) is 107 cm³/mol. The first-order valence-electron chi connectivity index (χ1n) is 9.15. The quantitative estimate of drug-likeness (QED) is 0.734. The van der Waals surface area contributed by atoms with Crippen molar-refractivity contribution in [3.63, 3.8) is 0 Å². The maximum atomic E-state index is 12.6. The van der Waals surface area contributed by atoms with E-state index in [9.17, 15) is 8.42 Å². The lowest BCUT2D eigenvalue weighted by atomic mass is 9.79. The molecule has 0 amide bonds. The van der Waals surface area contributed by atoms with Crippen molar-refractivity contribution in [1.29, 1.82) is 0 Å². The highest BCUT2D eigenvalue weighted by Crippen LogP contribution is 2.36. The van der Waals surface area contributed by atoms with Gasteiger partial charge in [-0.2, -0.15) is 0 Å². The van der Waals surface area contributed by atoms with E-state index in [0.29, 0.717) is 18.8 Å². The minimum atomic E-state index is -3.49. The molecule has 0 saturated carbocycles. The van der Waals surface area contributed by atoms with Gasteiger partial charge in [-0.15, -0.1) is 0 Å². The number of hydrogen-bond donors (Lipinski definition) is 1. The van der Waals surface area contributed by atoms with Gasteiger partial charge >= 0.3 is 7.12 Å². The summed E-state index contributed by atoms with van der Waals surface area (Å²) in [7, 11) is -3.95. The summed E-state index contributed by atoms with van der Waals surface area (Å²) in [4.78, 5) is 1.89. The Morgan fingerprint density at radius 2 is 1.50 bits per heavy atom. The number of nitrogens with one attached hydrogen (secondary N) is 1. The van der Waals surface area contributed by atoms with Crippen molar-refractivity contribution in [3.8, 4) is 0 Å². The molecule has 0 aliphatic carbocycles. The maximum absolute atomic E-state index is 12.6. The lowest BCUT2D eigenvalue weighted by Gasteiger charge is -2.32. The van der Waals surface area contributed by atoms with Crippen LogP contribution in [-0.2, 0) is 19.3 Å². The molecule has 0 bridgehead atoms. The summed E-state index contributed by atoms with van der Waals surface area (Å²) < 4.78 is 39.8. The standard InChI is InChI=1S/C18H31BN2O4S/c1-8-21(9-2)14(3)26(22,23)20-16-12-10-15(11-13-16)19-24-17(4,5)18(6,7)25-19/h10-14,20H,8-9H2,1-7H3. The van der Waals surface area contributed by atoms with Crippen LogP contribution in [0.4, 0.5) is 5.69 Å². The summed E-state index contributed by atoms with van der Waals surface area (Å²) in [6.45, 7) is 15.0. The molecule has 1 unspecified atom stereocenters. The highest BCUT2D eigenvalue weighted by molar-refractivity contribution is 7.93. The van der Waals surface area contributed by atoms with Gasteiger partial charge in [-0.1, -0.05) is 26.0 Å². The third-order valence-electron chi connectivity index (χ3n) is 5.47. The van der Waals surface area contributed by atoms with Gasteiger partial charge in [0.1, 0.15) is 5.37 Å². The molecule has 6 nitrogen and oxygen atoms in total. The van der Waals surface area contributed by atoms with Gasteiger partial charge in [0.15, 0.2) is 0 Å². The SMILES string of the molecule is CCN(CC)C(C)S(=O)(=O)Nc1ccc(B2OC(C)(C)C(C)(C)O2)cc1. The summed E-state index contributed by atoms with van der Waals surface area (Å²) in [6.07, 6.45) is 0. The van der Waals surface area contributed by atoms with E-state index < -0.39 is 33.7 Å². The van der Waals surface area contributed by atoms with Gasteiger partial charge < -0.3 is 9.31 Å². The van der Waals surface area contributed by atoms with Crippen molar-refractivity contribution in [2.24, 2.45) is 0 Å². The van der Waals surface area contributed by atoms with Crippen molar-refractivity contribution in [3.05, 3.63) is 24.3 Å². The van der Waals surface area contributed by atoms with Gasteiger partial charge in [0.05, 0.1) is 11.2 Å². The second-order valence-electron chi connectivity index (χ2n) is 7.68. The largest absolute Gasteiger partial charge is 0.494 e. The molecule has 1 atom stereocenters. The Hall–Kier alpha value is -1.09. The van der Waals surface area contributed by atoms with Gasteiger partial charge in [-0.3, -0.25) is 9.62 Å². The molecule has 8 heteroatoms. The molecule has 26 heavy (non-hydrogen) atoms. The molecular formula is C18H31BN2O4S. The number of anilines is 1. The smallest absolute Gasteiger partial charge is 0.399 e. The average molecular weight is 382 g/mol. The number of benzene rings is 1. The van der Waals surface area contributed by atoms with E-state index in [4.69, 9.17) is 9.31 Å². The Morgan fingerprint density at radius 1 is 1.04 bits per heavy atom. The first kappa shape index (κ1) is 21.2. The lowest BCUT2D eigenvalue weighted by molar-refractivity contribution is 0.00578. The molecule has 1 aromatic carbocycles. The molecule has 0 aromatic heterocycles. The van der Waals surface area contributed by atoms with E-state index >= 15 is 0 Å². The van der Waals surface area contributed by atoms with Crippen molar-refractivity contribution >= 4 is 28.3 Å². The topological polar surface area (TPSA) is 67.9 Å². The van der Waals surface area contributed by atoms with Crippen LogP contribution in [0.5, 0.6) is 0 Å². The average Bonchev–Trinajstić information content (AvgIpc) is 2.77.